The SMILES string of the molecule is CC(C)[n+]1c(-c2ccccc2O)n(-c2ccccc2)c2ccccc21.Cc1cc(C)c(O)c(C)c1. The van der Waals surface area contributed by atoms with E-state index in [1.54, 1.807) is 6.07 Å². The smallest absolute Gasteiger partial charge is 0.299 e. The van der Waals surface area contributed by atoms with Crippen molar-refractivity contribution in [3.63, 3.8) is 0 Å². The lowest BCUT2D eigenvalue weighted by atomic mass is 10.1. The fourth-order valence-electron chi connectivity index (χ4n) is 4.64. The Morgan fingerprint density at radius 2 is 1.29 bits per heavy atom. The van der Waals surface area contributed by atoms with Gasteiger partial charge in [-0.3, -0.25) is 0 Å². The Balaban J connectivity index is 0.000000243. The van der Waals surface area contributed by atoms with Gasteiger partial charge < -0.3 is 10.2 Å². The molecular weight excluding hydrogens is 432 g/mol. The first-order valence-electron chi connectivity index (χ1n) is 11.9. The standard InChI is InChI=1S/C22H20N2O.C9H12O/c1-16(2)23-19-13-7-8-14-20(19)24(17-10-4-3-5-11-17)22(23)18-12-6-9-15-21(18)25;1-6-4-7(2)9(10)8(3)5-6/h3-16H,1-2H3;4-5,10H,1-3H3/p+1. The van der Waals surface area contributed by atoms with Crippen LogP contribution in [0.2, 0.25) is 0 Å². The summed E-state index contributed by atoms with van der Waals surface area (Å²) in [7, 11) is 0. The molecule has 4 nitrogen and oxygen atoms in total. The fourth-order valence-corrected chi connectivity index (χ4v) is 4.64. The third-order valence-corrected chi connectivity index (χ3v) is 6.13. The van der Waals surface area contributed by atoms with E-state index in [0.717, 1.165) is 39.2 Å². The Kier molecular flexibility index (Phi) is 6.92. The number of rotatable bonds is 3. The predicted molar refractivity (Wildman–Crippen MR) is 143 cm³/mol. The molecule has 178 valence electrons. The fraction of sp³-hybridized carbons (Fsp3) is 0.194. The molecule has 0 atom stereocenters. The van der Waals surface area contributed by atoms with Crippen LogP contribution in [0.15, 0.2) is 91.0 Å². The van der Waals surface area contributed by atoms with E-state index in [0.29, 0.717) is 5.75 Å². The largest absolute Gasteiger partial charge is 0.507 e. The average Bonchev–Trinajstić information content (AvgIpc) is 3.19. The molecule has 0 aliphatic carbocycles. The molecule has 35 heavy (non-hydrogen) atoms. The van der Waals surface area contributed by atoms with Crippen LogP contribution in [0.3, 0.4) is 0 Å². The van der Waals surface area contributed by atoms with Gasteiger partial charge in [0.25, 0.3) is 5.82 Å². The van der Waals surface area contributed by atoms with Crippen LogP contribution in [0.4, 0.5) is 0 Å². The van der Waals surface area contributed by atoms with Crippen LogP contribution in [-0.2, 0) is 0 Å². The molecule has 0 aliphatic heterocycles. The van der Waals surface area contributed by atoms with Crippen LogP contribution >= 0.6 is 0 Å². The molecule has 5 rings (SSSR count). The number of aryl methyl sites for hydroxylation is 3. The van der Waals surface area contributed by atoms with Crippen molar-refractivity contribution in [2.75, 3.05) is 0 Å². The lowest BCUT2D eigenvalue weighted by molar-refractivity contribution is -0.681. The Labute approximate surface area is 207 Å². The van der Waals surface area contributed by atoms with Gasteiger partial charge in [0.1, 0.15) is 22.7 Å². The minimum absolute atomic E-state index is 0.254. The Morgan fingerprint density at radius 3 is 1.91 bits per heavy atom. The van der Waals surface area contributed by atoms with Crippen LogP contribution in [0, 0.1) is 20.8 Å². The lowest BCUT2D eigenvalue weighted by Gasteiger charge is -2.09. The maximum absolute atomic E-state index is 10.5. The maximum atomic E-state index is 10.5. The number of fused-ring (bicyclic) bond motifs is 1. The highest BCUT2D eigenvalue weighted by Crippen LogP contribution is 2.33. The van der Waals surface area contributed by atoms with Gasteiger partial charge in [0, 0.05) is 0 Å². The number of hydrogen-bond acceptors (Lipinski definition) is 2. The summed E-state index contributed by atoms with van der Waals surface area (Å²) in [6.07, 6.45) is 0. The molecule has 4 heteroatoms. The normalized spacial score (nSPS) is 10.9. The van der Waals surface area contributed by atoms with Crippen LogP contribution in [0.5, 0.6) is 11.5 Å². The number of para-hydroxylation sites is 4. The van der Waals surface area contributed by atoms with Gasteiger partial charge in [-0.25, -0.2) is 4.57 Å². The number of nitrogens with zero attached hydrogens (tertiary/aromatic N) is 2. The van der Waals surface area contributed by atoms with E-state index in [9.17, 15) is 10.2 Å². The second kappa shape index (κ2) is 10.1. The summed E-state index contributed by atoms with van der Waals surface area (Å²) in [6, 6.07) is 30.4. The Hall–Kier alpha value is -4.05. The van der Waals surface area contributed by atoms with Gasteiger partial charge in [0.05, 0.1) is 6.04 Å². The highest BCUT2D eigenvalue weighted by Gasteiger charge is 2.30. The van der Waals surface area contributed by atoms with Crippen molar-refractivity contribution in [2.24, 2.45) is 0 Å². The number of aromatic nitrogens is 2. The molecule has 0 bridgehead atoms. The van der Waals surface area contributed by atoms with E-state index in [-0.39, 0.29) is 11.8 Å². The van der Waals surface area contributed by atoms with Crippen LogP contribution in [-0.4, -0.2) is 14.8 Å². The van der Waals surface area contributed by atoms with Crippen molar-refractivity contribution in [3.05, 3.63) is 108 Å². The second-order valence-electron chi connectivity index (χ2n) is 9.21. The van der Waals surface area contributed by atoms with Crippen molar-refractivity contribution >= 4 is 11.0 Å². The Morgan fingerprint density at radius 1 is 0.714 bits per heavy atom. The first kappa shape index (κ1) is 24.1. The molecule has 1 aromatic heterocycles. The number of imidazole rings is 1. The van der Waals surface area contributed by atoms with Gasteiger partial charge in [-0.15, -0.1) is 0 Å². The van der Waals surface area contributed by atoms with Gasteiger partial charge in [0.2, 0.25) is 0 Å². The molecular formula is C31H33N2O2+. The number of hydrogen-bond donors (Lipinski definition) is 2. The molecule has 0 spiro atoms. The monoisotopic (exact) mass is 465 g/mol. The highest BCUT2D eigenvalue weighted by molar-refractivity contribution is 5.80. The van der Waals surface area contributed by atoms with Crippen LogP contribution in [0.25, 0.3) is 28.1 Å². The molecule has 0 unspecified atom stereocenters. The molecule has 5 aromatic rings. The summed E-state index contributed by atoms with van der Waals surface area (Å²) >= 11 is 0. The Bertz CT molecular complexity index is 1440. The zero-order valence-electron chi connectivity index (χ0n) is 21.0. The van der Waals surface area contributed by atoms with Crippen LogP contribution < -0.4 is 4.57 Å². The minimum Gasteiger partial charge on any atom is -0.507 e. The van der Waals surface area contributed by atoms with E-state index < -0.39 is 0 Å². The summed E-state index contributed by atoms with van der Waals surface area (Å²) in [4.78, 5) is 0. The molecule has 0 amide bonds. The average molecular weight is 466 g/mol. The third kappa shape index (κ3) is 4.78. The van der Waals surface area contributed by atoms with Crippen molar-refractivity contribution in [1.29, 1.82) is 0 Å². The van der Waals surface area contributed by atoms with E-state index in [2.05, 4.69) is 59.4 Å². The van der Waals surface area contributed by atoms with E-state index >= 15 is 0 Å². The lowest BCUT2D eigenvalue weighted by Crippen LogP contribution is -2.38. The number of benzene rings is 4. The molecule has 0 saturated heterocycles. The van der Waals surface area contributed by atoms with Crippen molar-refractivity contribution in [1.82, 2.24) is 4.57 Å². The summed E-state index contributed by atoms with van der Waals surface area (Å²) in [5, 5.41) is 19.9. The zero-order valence-corrected chi connectivity index (χ0v) is 21.0. The first-order valence-corrected chi connectivity index (χ1v) is 11.9. The highest BCUT2D eigenvalue weighted by atomic mass is 16.3. The van der Waals surface area contributed by atoms with Crippen molar-refractivity contribution < 1.29 is 14.8 Å². The molecule has 0 radical (unpaired) electrons. The number of phenolic OH excluding ortho intramolecular Hbond substituents is 2. The molecule has 0 fully saturated rings. The second-order valence-corrected chi connectivity index (χ2v) is 9.21. The first-order chi connectivity index (χ1) is 16.8. The topological polar surface area (TPSA) is 49.3 Å². The van der Waals surface area contributed by atoms with Gasteiger partial charge in [0.15, 0.2) is 11.0 Å². The van der Waals surface area contributed by atoms with Crippen molar-refractivity contribution in [3.8, 4) is 28.6 Å². The summed E-state index contributed by atoms with van der Waals surface area (Å²) in [6.45, 7) is 10.2. The van der Waals surface area contributed by atoms with Gasteiger partial charge in [-0.1, -0.05) is 60.2 Å². The summed E-state index contributed by atoms with van der Waals surface area (Å²) in [5.41, 5.74) is 7.30. The molecule has 2 N–H and O–H groups in total. The number of phenols is 2. The van der Waals surface area contributed by atoms with E-state index in [1.807, 2.05) is 69.3 Å². The molecule has 0 saturated carbocycles. The minimum atomic E-state index is 0.254. The molecule has 1 heterocycles. The summed E-state index contributed by atoms with van der Waals surface area (Å²) in [5.74, 6) is 1.70. The van der Waals surface area contributed by atoms with E-state index in [1.165, 1.54) is 5.56 Å². The van der Waals surface area contributed by atoms with Crippen LogP contribution in [0.1, 0.15) is 36.6 Å². The molecule has 4 aromatic carbocycles. The van der Waals surface area contributed by atoms with Gasteiger partial charge in [-0.05, 0) is 82.1 Å². The maximum Gasteiger partial charge on any atom is 0.299 e. The quantitative estimate of drug-likeness (QED) is 0.277. The number of aromatic hydroxyl groups is 2. The van der Waals surface area contributed by atoms with E-state index in [4.69, 9.17) is 0 Å². The van der Waals surface area contributed by atoms with Gasteiger partial charge >= 0.3 is 0 Å². The zero-order chi connectivity index (χ0) is 25.1. The van der Waals surface area contributed by atoms with Gasteiger partial charge in [-0.2, -0.15) is 4.57 Å². The summed E-state index contributed by atoms with van der Waals surface area (Å²) < 4.78 is 4.52. The predicted octanol–water partition coefficient (Wildman–Crippen LogP) is 7.19. The molecule has 0 aliphatic rings. The van der Waals surface area contributed by atoms with Crippen molar-refractivity contribution in [2.45, 2.75) is 40.7 Å². The third-order valence-electron chi connectivity index (χ3n) is 6.13.